The largest absolute Gasteiger partial charge is 0.348 e. The van der Waals surface area contributed by atoms with Crippen molar-refractivity contribution in [3.8, 4) is 0 Å². The average molecular weight is 301 g/mol. The Morgan fingerprint density at radius 3 is 2.95 bits per heavy atom. The van der Waals surface area contributed by atoms with Gasteiger partial charge in [0.1, 0.15) is 5.15 Å². The molecule has 0 fully saturated rings. The maximum Gasteiger partial charge on any atom is 0.252 e. The highest BCUT2D eigenvalue weighted by atomic mass is 35.5. The second-order valence-corrected chi connectivity index (χ2v) is 5.10. The summed E-state index contributed by atoms with van der Waals surface area (Å²) in [4.78, 5) is 16.6. The highest BCUT2D eigenvalue weighted by Crippen LogP contribution is 2.20. The first-order valence-electron chi connectivity index (χ1n) is 6.44. The fraction of sp³-hybridized carbons (Fsp3) is 0.133. The lowest BCUT2D eigenvalue weighted by molar-refractivity contribution is 0.0952. The molecule has 0 bridgehead atoms. The first-order valence-corrected chi connectivity index (χ1v) is 6.82. The van der Waals surface area contributed by atoms with Crippen LogP contribution in [0.15, 0.2) is 42.7 Å². The predicted molar refractivity (Wildman–Crippen MR) is 81.1 cm³/mol. The Hall–Kier alpha value is -2.40. The quantitative estimate of drug-likeness (QED) is 0.756. The highest BCUT2D eigenvalue weighted by Gasteiger charge is 2.12. The number of hydrogen-bond acceptors (Lipinski definition) is 3. The normalized spacial score (nSPS) is 10.8. The van der Waals surface area contributed by atoms with Gasteiger partial charge in [0.05, 0.1) is 17.3 Å². The lowest BCUT2D eigenvalue weighted by Gasteiger charge is -2.07. The molecule has 6 heteroatoms. The molecule has 0 aliphatic heterocycles. The number of nitrogens with one attached hydrogen (secondary N) is 1. The fourth-order valence-electron chi connectivity index (χ4n) is 2.17. The molecule has 0 radical (unpaired) electrons. The van der Waals surface area contributed by atoms with Gasteiger partial charge in [-0.1, -0.05) is 29.8 Å². The van der Waals surface area contributed by atoms with Gasteiger partial charge in [-0.05, 0) is 12.1 Å². The molecule has 0 saturated heterocycles. The third kappa shape index (κ3) is 2.87. The van der Waals surface area contributed by atoms with Crippen LogP contribution in [0.5, 0.6) is 0 Å². The van der Waals surface area contributed by atoms with Crippen molar-refractivity contribution in [2.45, 2.75) is 6.54 Å². The van der Waals surface area contributed by atoms with E-state index in [2.05, 4.69) is 15.4 Å². The Morgan fingerprint density at radius 1 is 1.38 bits per heavy atom. The zero-order chi connectivity index (χ0) is 14.8. The monoisotopic (exact) mass is 300 g/mol. The summed E-state index contributed by atoms with van der Waals surface area (Å²) in [6.07, 6.45) is 3.58. The van der Waals surface area contributed by atoms with Crippen molar-refractivity contribution in [2.24, 2.45) is 7.05 Å². The number of carbonyl (C=O) groups is 1. The molecule has 2 aromatic heterocycles. The number of pyridine rings is 1. The second kappa shape index (κ2) is 5.54. The van der Waals surface area contributed by atoms with Crippen molar-refractivity contribution in [2.75, 3.05) is 0 Å². The van der Waals surface area contributed by atoms with Crippen LogP contribution in [0, 0.1) is 0 Å². The predicted octanol–water partition coefficient (Wildman–Crippen LogP) is 2.55. The molecule has 106 valence electrons. The topological polar surface area (TPSA) is 59.8 Å². The first-order chi connectivity index (χ1) is 10.1. The van der Waals surface area contributed by atoms with Crippen LogP contribution in [0.4, 0.5) is 0 Å². The van der Waals surface area contributed by atoms with Gasteiger partial charge in [-0.25, -0.2) is 4.98 Å². The molecule has 0 aliphatic rings. The van der Waals surface area contributed by atoms with Gasteiger partial charge in [-0.15, -0.1) is 0 Å². The van der Waals surface area contributed by atoms with Crippen molar-refractivity contribution >= 4 is 28.4 Å². The number of halogens is 1. The summed E-state index contributed by atoms with van der Waals surface area (Å²) in [5, 5.41) is 8.02. The van der Waals surface area contributed by atoms with Crippen LogP contribution in [0.1, 0.15) is 15.9 Å². The van der Waals surface area contributed by atoms with Crippen LogP contribution >= 0.6 is 11.6 Å². The number of benzene rings is 1. The number of fused-ring (bicyclic) bond motifs is 1. The van der Waals surface area contributed by atoms with E-state index in [1.54, 1.807) is 16.9 Å². The molecule has 1 N–H and O–H groups in total. The number of carbonyl (C=O) groups excluding carboxylic acids is 1. The van der Waals surface area contributed by atoms with Gasteiger partial charge in [0.15, 0.2) is 0 Å². The van der Waals surface area contributed by atoms with Crippen molar-refractivity contribution < 1.29 is 4.79 Å². The van der Waals surface area contributed by atoms with Gasteiger partial charge in [-0.3, -0.25) is 9.48 Å². The molecule has 21 heavy (non-hydrogen) atoms. The summed E-state index contributed by atoms with van der Waals surface area (Å²) in [6, 6.07) is 9.01. The van der Waals surface area contributed by atoms with E-state index < -0.39 is 0 Å². The number of amides is 1. The Bertz CT molecular complexity index is 812. The van der Waals surface area contributed by atoms with E-state index in [0.29, 0.717) is 22.8 Å². The van der Waals surface area contributed by atoms with Gasteiger partial charge in [-0.2, -0.15) is 5.10 Å². The molecule has 1 amide bonds. The van der Waals surface area contributed by atoms with E-state index >= 15 is 0 Å². The van der Waals surface area contributed by atoms with Gasteiger partial charge < -0.3 is 5.32 Å². The zero-order valence-electron chi connectivity index (χ0n) is 11.4. The van der Waals surface area contributed by atoms with E-state index in [4.69, 9.17) is 11.6 Å². The molecule has 3 rings (SSSR count). The van der Waals surface area contributed by atoms with Crippen molar-refractivity contribution in [3.63, 3.8) is 0 Å². The van der Waals surface area contributed by atoms with Crippen LogP contribution < -0.4 is 5.32 Å². The van der Waals surface area contributed by atoms with Crippen molar-refractivity contribution in [1.82, 2.24) is 20.1 Å². The average Bonchev–Trinajstić information content (AvgIpc) is 2.89. The summed E-state index contributed by atoms with van der Waals surface area (Å²) in [7, 11) is 1.83. The molecule has 0 unspecified atom stereocenters. The van der Waals surface area contributed by atoms with E-state index in [9.17, 15) is 4.79 Å². The molecule has 5 nitrogen and oxygen atoms in total. The van der Waals surface area contributed by atoms with E-state index in [1.807, 2.05) is 37.5 Å². The molecule has 0 aliphatic carbocycles. The summed E-state index contributed by atoms with van der Waals surface area (Å²) < 4.78 is 1.69. The molecular weight excluding hydrogens is 288 g/mol. The molecule has 0 spiro atoms. The number of nitrogens with zero attached hydrogens (tertiary/aromatic N) is 3. The number of hydrogen-bond donors (Lipinski definition) is 1. The highest BCUT2D eigenvalue weighted by molar-refractivity contribution is 6.30. The summed E-state index contributed by atoms with van der Waals surface area (Å²) in [5.41, 5.74) is 2.17. The molecule has 3 aromatic rings. The zero-order valence-corrected chi connectivity index (χ0v) is 12.1. The van der Waals surface area contributed by atoms with E-state index in [0.717, 1.165) is 10.9 Å². The Kier molecular flexibility index (Phi) is 3.58. The molecule has 2 heterocycles. The fourth-order valence-corrected chi connectivity index (χ4v) is 2.37. The standard InChI is InChI=1S/C15H13ClN4O/c1-20-9-10(8-18-20)7-17-15(21)12-6-14(16)19-13-5-3-2-4-11(12)13/h2-6,8-9H,7H2,1H3,(H,17,21). The van der Waals surface area contributed by atoms with Crippen LogP contribution in [0.2, 0.25) is 5.15 Å². The number of aryl methyl sites for hydroxylation is 1. The van der Waals surface area contributed by atoms with Crippen LogP contribution in [-0.2, 0) is 13.6 Å². The number of aromatic nitrogens is 3. The van der Waals surface area contributed by atoms with E-state index in [-0.39, 0.29) is 5.91 Å². The third-order valence-electron chi connectivity index (χ3n) is 3.14. The van der Waals surface area contributed by atoms with Gasteiger partial charge in [0, 0.05) is 30.7 Å². The van der Waals surface area contributed by atoms with Gasteiger partial charge in [0.2, 0.25) is 0 Å². The minimum Gasteiger partial charge on any atom is -0.348 e. The summed E-state index contributed by atoms with van der Waals surface area (Å²) >= 11 is 5.98. The lowest BCUT2D eigenvalue weighted by atomic mass is 10.1. The van der Waals surface area contributed by atoms with Gasteiger partial charge >= 0.3 is 0 Å². The molecular formula is C15H13ClN4O. The van der Waals surface area contributed by atoms with E-state index in [1.165, 1.54) is 0 Å². The molecule has 1 aromatic carbocycles. The van der Waals surface area contributed by atoms with Crippen molar-refractivity contribution in [3.05, 3.63) is 59.0 Å². The van der Waals surface area contributed by atoms with Crippen molar-refractivity contribution in [1.29, 1.82) is 0 Å². The maximum atomic E-state index is 12.4. The first kappa shape index (κ1) is 13.6. The minimum atomic E-state index is -0.181. The summed E-state index contributed by atoms with van der Waals surface area (Å²) in [6.45, 7) is 0.418. The van der Waals surface area contributed by atoms with Crippen LogP contribution in [-0.4, -0.2) is 20.7 Å². The Morgan fingerprint density at radius 2 is 2.19 bits per heavy atom. The third-order valence-corrected chi connectivity index (χ3v) is 3.33. The second-order valence-electron chi connectivity index (χ2n) is 4.71. The van der Waals surface area contributed by atoms with Crippen LogP contribution in [0.25, 0.3) is 10.9 Å². The molecule has 0 saturated carbocycles. The lowest BCUT2D eigenvalue weighted by Crippen LogP contribution is -2.23. The Balaban J connectivity index is 1.87. The Labute approximate surface area is 126 Å². The summed E-state index contributed by atoms with van der Waals surface area (Å²) in [5.74, 6) is -0.181. The smallest absolute Gasteiger partial charge is 0.252 e. The van der Waals surface area contributed by atoms with Crippen LogP contribution in [0.3, 0.4) is 0 Å². The SMILES string of the molecule is Cn1cc(CNC(=O)c2cc(Cl)nc3ccccc23)cn1. The maximum absolute atomic E-state index is 12.4. The molecule has 0 atom stereocenters. The minimum absolute atomic E-state index is 0.181. The number of para-hydroxylation sites is 1. The number of rotatable bonds is 3. The van der Waals surface area contributed by atoms with Gasteiger partial charge in [0.25, 0.3) is 5.91 Å².